The highest BCUT2D eigenvalue weighted by molar-refractivity contribution is 7.89. The first-order chi connectivity index (χ1) is 15.6. The molecule has 3 rings (SSSR count). The van der Waals surface area contributed by atoms with Crippen molar-refractivity contribution in [2.24, 2.45) is 0 Å². The van der Waals surface area contributed by atoms with Crippen LogP contribution in [-0.2, 0) is 21.4 Å². The quantitative estimate of drug-likeness (QED) is 0.516. The fourth-order valence-corrected chi connectivity index (χ4v) is 5.79. The summed E-state index contributed by atoms with van der Waals surface area (Å²) in [5.74, 6) is -0.796. The summed E-state index contributed by atoms with van der Waals surface area (Å²) in [6.45, 7) is 6.95. The number of hydrogen-bond donors (Lipinski definition) is 1. The summed E-state index contributed by atoms with van der Waals surface area (Å²) in [6, 6.07) is 18.3. The number of amides is 1. The van der Waals surface area contributed by atoms with Crippen LogP contribution in [0, 0.1) is 26.6 Å². The van der Waals surface area contributed by atoms with Crippen molar-refractivity contribution in [1.29, 1.82) is 0 Å². The molecule has 5 nitrogen and oxygen atoms in total. The standard InChI is InChI=1S/C26H29FN2O3S/c1-18-14-19(2)26(20(3)15-18)33(31,32)29(16-22-8-6-5-7-9-22)17-25(30)28-21(4)23-10-12-24(27)13-11-23/h5-15,21H,16-17H2,1-4H3,(H,28,30)/t21-/m1/s1. The van der Waals surface area contributed by atoms with E-state index in [9.17, 15) is 17.6 Å². The highest BCUT2D eigenvalue weighted by atomic mass is 32.2. The number of sulfonamides is 1. The summed E-state index contributed by atoms with van der Waals surface area (Å²) in [7, 11) is -3.96. The summed E-state index contributed by atoms with van der Waals surface area (Å²) in [4.78, 5) is 13.1. The molecule has 0 heterocycles. The minimum atomic E-state index is -3.96. The summed E-state index contributed by atoms with van der Waals surface area (Å²) < 4.78 is 41.9. The van der Waals surface area contributed by atoms with Gasteiger partial charge in [-0.25, -0.2) is 12.8 Å². The van der Waals surface area contributed by atoms with Crippen molar-refractivity contribution < 1.29 is 17.6 Å². The first-order valence-corrected chi connectivity index (χ1v) is 12.2. The lowest BCUT2D eigenvalue weighted by Gasteiger charge is -2.25. The van der Waals surface area contributed by atoms with E-state index in [2.05, 4.69) is 5.32 Å². The molecule has 7 heteroatoms. The maximum absolute atomic E-state index is 13.7. The number of nitrogens with one attached hydrogen (secondary N) is 1. The summed E-state index contributed by atoms with van der Waals surface area (Å²) in [6.07, 6.45) is 0. The van der Waals surface area contributed by atoms with Gasteiger partial charge in [-0.05, 0) is 62.1 Å². The van der Waals surface area contributed by atoms with Crippen LogP contribution >= 0.6 is 0 Å². The molecule has 0 fully saturated rings. The molecule has 0 saturated carbocycles. The van der Waals surface area contributed by atoms with Gasteiger partial charge in [0.05, 0.1) is 17.5 Å². The molecule has 1 atom stereocenters. The Morgan fingerprint density at radius 3 is 2.12 bits per heavy atom. The maximum Gasteiger partial charge on any atom is 0.244 e. The summed E-state index contributed by atoms with van der Waals surface area (Å²) in [5, 5.41) is 2.83. The van der Waals surface area contributed by atoms with Gasteiger partial charge in [0.2, 0.25) is 15.9 Å². The Kier molecular flexibility index (Phi) is 7.66. The van der Waals surface area contributed by atoms with Gasteiger partial charge in [-0.15, -0.1) is 0 Å². The van der Waals surface area contributed by atoms with Crippen LogP contribution in [0.4, 0.5) is 4.39 Å². The third-order valence-electron chi connectivity index (χ3n) is 5.47. The number of carbonyl (C=O) groups excluding carboxylic acids is 1. The first-order valence-electron chi connectivity index (χ1n) is 10.7. The smallest absolute Gasteiger partial charge is 0.244 e. The van der Waals surface area contributed by atoms with Crippen LogP contribution in [0.3, 0.4) is 0 Å². The minimum Gasteiger partial charge on any atom is -0.348 e. The van der Waals surface area contributed by atoms with Gasteiger partial charge in [0.25, 0.3) is 0 Å². The van der Waals surface area contributed by atoms with E-state index in [1.165, 1.54) is 16.4 Å². The van der Waals surface area contributed by atoms with Crippen LogP contribution in [0.25, 0.3) is 0 Å². The SMILES string of the molecule is Cc1cc(C)c(S(=O)(=O)N(CC(=O)N[C@H](C)c2ccc(F)cc2)Cc2ccccc2)c(C)c1. The number of carbonyl (C=O) groups is 1. The van der Waals surface area contributed by atoms with Gasteiger partial charge in [0.15, 0.2) is 0 Å². The molecule has 0 saturated heterocycles. The zero-order valence-electron chi connectivity index (χ0n) is 19.3. The molecule has 0 radical (unpaired) electrons. The molecule has 0 unspecified atom stereocenters. The molecular weight excluding hydrogens is 439 g/mol. The van der Waals surface area contributed by atoms with Crippen LogP contribution in [0.2, 0.25) is 0 Å². The monoisotopic (exact) mass is 468 g/mol. The fraction of sp³-hybridized carbons (Fsp3) is 0.269. The van der Waals surface area contributed by atoms with Gasteiger partial charge >= 0.3 is 0 Å². The van der Waals surface area contributed by atoms with Gasteiger partial charge in [-0.2, -0.15) is 4.31 Å². The van der Waals surface area contributed by atoms with Gasteiger partial charge in [0, 0.05) is 6.54 Å². The molecule has 3 aromatic rings. The predicted molar refractivity (Wildman–Crippen MR) is 128 cm³/mol. The number of halogens is 1. The van der Waals surface area contributed by atoms with E-state index in [-0.39, 0.29) is 23.8 Å². The highest BCUT2D eigenvalue weighted by Crippen LogP contribution is 2.26. The predicted octanol–water partition coefficient (Wildman–Crippen LogP) is 4.82. The zero-order valence-corrected chi connectivity index (χ0v) is 20.1. The molecule has 1 amide bonds. The Balaban J connectivity index is 1.90. The maximum atomic E-state index is 13.7. The lowest BCUT2D eigenvalue weighted by Crippen LogP contribution is -2.41. The molecule has 0 bridgehead atoms. The molecule has 0 spiro atoms. The molecule has 33 heavy (non-hydrogen) atoms. The average molecular weight is 469 g/mol. The van der Waals surface area contributed by atoms with Crippen molar-refractivity contribution in [2.45, 2.75) is 45.2 Å². The second kappa shape index (κ2) is 10.3. The van der Waals surface area contributed by atoms with Gasteiger partial charge in [-0.1, -0.05) is 60.2 Å². The number of hydrogen-bond acceptors (Lipinski definition) is 3. The number of aryl methyl sites for hydroxylation is 3. The van der Waals surface area contributed by atoms with E-state index in [0.717, 1.165) is 16.7 Å². The molecule has 0 aliphatic rings. The molecule has 174 valence electrons. The Hall–Kier alpha value is -3.03. The van der Waals surface area contributed by atoms with Crippen molar-refractivity contribution in [2.75, 3.05) is 6.54 Å². The topological polar surface area (TPSA) is 66.5 Å². The molecule has 3 aromatic carbocycles. The average Bonchev–Trinajstić information content (AvgIpc) is 2.73. The molecule has 0 aliphatic carbocycles. The normalized spacial score (nSPS) is 12.5. The van der Waals surface area contributed by atoms with Crippen LogP contribution in [0.15, 0.2) is 71.6 Å². The van der Waals surface area contributed by atoms with Crippen LogP contribution in [0.1, 0.15) is 40.8 Å². The second-order valence-electron chi connectivity index (χ2n) is 8.33. The van der Waals surface area contributed by atoms with Crippen LogP contribution in [0.5, 0.6) is 0 Å². The first kappa shape index (κ1) is 24.6. The van der Waals surface area contributed by atoms with E-state index >= 15 is 0 Å². The number of benzene rings is 3. The number of nitrogens with zero attached hydrogens (tertiary/aromatic N) is 1. The number of rotatable bonds is 8. The van der Waals surface area contributed by atoms with E-state index in [1.54, 1.807) is 32.9 Å². The lowest BCUT2D eigenvalue weighted by molar-refractivity contribution is -0.122. The Labute approximate surface area is 195 Å². The van der Waals surface area contributed by atoms with E-state index in [0.29, 0.717) is 11.1 Å². The lowest BCUT2D eigenvalue weighted by atomic mass is 10.1. The fourth-order valence-electron chi connectivity index (χ4n) is 4.00. The Bertz CT molecular complexity index is 1200. The van der Waals surface area contributed by atoms with Crippen molar-refractivity contribution in [3.8, 4) is 0 Å². The van der Waals surface area contributed by atoms with Gasteiger partial charge in [0.1, 0.15) is 5.82 Å². The van der Waals surface area contributed by atoms with Gasteiger partial charge < -0.3 is 5.32 Å². The second-order valence-corrected chi connectivity index (χ2v) is 10.2. The Morgan fingerprint density at radius 2 is 1.55 bits per heavy atom. The summed E-state index contributed by atoms with van der Waals surface area (Å²) in [5.41, 5.74) is 3.77. The van der Waals surface area contributed by atoms with Crippen LogP contribution in [-0.4, -0.2) is 25.2 Å². The minimum absolute atomic E-state index is 0.0638. The third-order valence-corrected chi connectivity index (χ3v) is 7.57. The zero-order chi connectivity index (χ0) is 24.2. The van der Waals surface area contributed by atoms with Crippen molar-refractivity contribution in [3.63, 3.8) is 0 Å². The largest absolute Gasteiger partial charge is 0.348 e. The Morgan fingerprint density at radius 1 is 0.970 bits per heavy atom. The van der Waals surface area contributed by atoms with E-state index < -0.39 is 22.0 Å². The van der Waals surface area contributed by atoms with Crippen LogP contribution < -0.4 is 5.32 Å². The van der Waals surface area contributed by atoms with Crippen molar-refractivity contribution in [1.82, 2.24) is 9.62 Å². The summed E-state index contributed by atoms with van der Waals surface area (Å²) >= 11 is 0. The van der Waals surface area contributed by atoms with E-state index in [4.69, 9.17) is 0 Å². The molecule has 0 aliphatic heterocycles. The molecule has 1 N–H and O–H groups in total. The van der Waals surface area contributed by atoms with Crippen molar-refractivity contribution >= 4 is 15.9 Å². The third kappa shape index (κ3) is 6.06. The van der Waals surface area contributed by atoms with E-state index in [1.807, 2.05) is 49.4 Å². The molecular formula is C26H29FN2O3S. The molecule has 0 aromatic heterocycles. The highest BCUT2D eigenvalue weighted by Gasteiger charge is 2.30. The van der Waals surface area contributed by atoms with Crippen molar-refractivity contribution in [3.05, 3.63) is 100 Å². The van der Waals surface area contributed by atoms with Gasteiger partial charge in [-0.3, -0.25) is 4.79 Å².